The lowest BCUT2D eigenvalue weighted by Crippen LogP contribution is -2.43. The molecule has 2 rings (SSSR count). The Kier molecular flexibility index (Phi) is 3.11. The van der Waals surface area contributed by atoms with Crippen LogP contribution in [0.25, 0.3) is 0 Å². The third kappa shape index (κ3) is 2.09. The highest BCUT2D eigenvalue weighted by Gasteiger charge is 2.32. The number of benzene rings is 1. The maximum absolute atomic E-state index is 13.8. The summed E-state index contributed by atoms with van der Waals surface area (Å²) < 4.78 is 13.8. The van der Waals surface area contributed by atoms with Gasteiger partial charge in [0.1, 0.15) is 5.82 Å². The van der Waals surface area contributed by atoms with Gasteiger partial charge < -0.3 is 0 Å². The number of carbonyl (C=O) groups excluding carboxylic acids is 2. The quantitative estimate of drug-likeness (QED) is 0.712. The van der Waals surface area contributed by atoms with Crippen LogP contribution in [0.4, 0.5) is 10.1 Å². The van der Waals surface area contributed by atoms with Crippen molar-refractivity contribution in [3.8, 4) is 6.07 Å². The molecule has 0 unspecified atom stereocenters. The van der Waals surface area contributed by atoms with Crippen LogP contribution in [0, 0.1) is 23.1 Å². The number of carbonyl (C=O) groups is 2. The number of piperidine rings is 1. The fourth-order valence-electron chi connectivity index (χ4n) is 2.02. The highest BCUT2D eigenvalue weighted by atomic mass is 19.1. The smallest absolute Gasteiger partial charge is 0.234 e. The third-order valence-corrected chi connectivity index (χ3v) is 2.86. The van der Waals surface area contributed by atoms with Crippen molar-refractivity contribution in [3.63, 3.8) is 0 Å². The first-order valence-corrected chi connectivity index (χ1v) is 5.58. The number of halogens is 1. The third-order valence-electron chi connectivity index (χ3n) is 2.86. The molecule has 2 amide bonds. The van der Waals surface area contributed by atoms with Gasteiger partial charge >= 0.3 is 0 Å². The fraction of sp³-hybridized carbons (Fsp3) is 0.308. The highest BCUT2D eigenvalue weighted by molar-refractivity contribution is 6.16. The molecule has 1 aliphatic rings. The van der Waals surface area contributed by atoms with Crippen LogP contribution in [0.15, 0.2) is 18.2 Å². The van der Waals surface area contributed by atoms with Crippen LogP contribution in [0.1, 0.15) is 25.3 Å². The number of amides is 2. The van der Waals surface area contributed by atoms with E-state index in [-0.39, 0.29) is 30.0 Å². The Morgan fingerprint density at radius 1 is 1.33 bits per heavy atom. The van der Waals surface area contributed by atoms with Gasteiger partial charge in [-0.25, -0.2) is 9.29 Å². The molecule has 1 saturated heterocycles. The van der Waals surface area contributed by atoms with Gasteiger partial charge in [-0.05, 0) is 24.1 Å². The van der Waals surface area contributed by atoms with Crippen LogP contribution in [-0.4, -0.2) is 11.8 Å². The largest absolute Gasteiger partial charge is 0.274 e. The van der Waals surface area contributed by atoms with Gasteiger partial charge in [0, 0.05) is 12.8 Å². The summed E-state index contributed by atoms with van der Waals surface area (Å²) in [6.45, 7) is 1.81. The second kappa shape index (κ2) is 4.57. The Hall–Kier alpha value is -2.22. The van der Waals surface area contributed by atoms with Crippen molar-refractivity contribution >= 4 is 17.5 Å². The molecule has 0 spiro atoms. The van der Waals surface area contributed by atoms with Crippen LogP contribution in [0.3, 0.4) is 0 Å². The predicted octanol–water partition coefficient (Wildman–Crippen LogP) is 1.99. The summed E-state index contributed by atoms with van der Waals surface area (Å²) in [6.07, 6.45) is 0.455. The Morgan fingerprint density at radius 3 is 2.44 bits per heavy atom. The zero-order valence-corrected chi connectivity index (χ0v) is 9.81. The predicted molar refractivity (Wildman–Crippen MR) is 62.0 cm³/mol. The fourth-order valence-corrected chi connectivity index (χ4v) is 2.02. The topological polar surface area (TPSA) is 61.2 Å². The second-order valence-corrected chi connectivity index (χ2v) is 4.41. The number of anilines is 1. The van der Waals surface area contributed by atoms with Gasteiger partial charge in [0.15, 0.2) is 0 Å². The van der Waals surface area contributed by atoms with E-state index in [9.17, 15) is 14.0 Å². The lowest BCUT2D eigenvalue weighted by Gasteiger charge is -2.28. The van der Waals surface area contributed by atoms with E-state index in [1.807, 2.05) is 6.92 Å². The molecule has 4 nitrogen and oxygen atoms in total. The van der Waals surface area contributed by atoms with Crippen LogP contribution in [-0.2, 0) is 9.59 Å². The Bertz CT molecular complexity index is 545. The molecule has 0 saturated carbocycles. The normalized spacial score (nSPS) is 16.8. The number of hydrogen-bond donors (Lipinski definition) is 0. The van der Waals surface area contributed by atoms with E-state index in [1.165, 1.54) is 12.1 Å². The van der Waals surface area contributed by atoms with E-state index >= 15 is 0 Å². The van der Waals surface area contributed by atoms with Gasteiger partial charge in [-0.15, -0.1) is 0 Å². The first-order chi connectivity index (χ1) is 8.52. The molecule has 1 aromatic rings. The summed E-state index contributed by atoms with van der Waals surface area (Å²) in [5, 5.41) is 8.64. The zero-order valence-electron chi connectivity index (χ0n) is 9.81. The number of imide groups is 1. The monoisotopic (exact) mass is 246 g/mol. The number of hydrogen-bond acceptors (Lipinski definition) is 3. The Morgan fingerprint density at radius 2 is 1.94 bits per heavy atom. The van der Waals surface area contributed by atoms with Crippen LogP contribution >= 0.6 is 0 Å². The first kappa shape index (κ1) is 12.2. The van der Waals surface area contributed by atoms with E-state index in [0.29, 0.717) is 0 Å². The molecule has 1 aliphatic heterocycles. The lowest BCUT2D eigenvalue weighted by molar-refractivity contribution is -0.130. The van der Waals surface area contributed by atoms with Gasteiger partial charge in [0.05, 0.1) is 17.3 Å². The van der Waals surface area contributed by atoms with Gasteiger partial charge in [0.25, 0.3) is 0 Å². The summed E-state index contributed by atoms with van der Waals surface area (Å²) >= 11 is 0. The summed E-state index contributed by atoms with van der Waals surface area (Å²) in [4.78, 5) is 24.5. The standard InChI is InChI=1S/C13H11FN2O2/c1-8-4-12(17)16(13(18)5-8)11-3-2-9(7-15)6-10(11)14/h2-3,6,8H,4-5H2,1H3. The number of rotatable bonds is 1. The van der Waals surface area contributed by atoms with Gasteiger partial charge in [-0.1, -0.05) is 6.92 Å². The lowest BCUT2D eigenvalue weighted by atomic mass is 9.97. The van der Waals surface area contributed by atoms with Gasteiger partial charge in [-0.2, -0.15) is 5.26 Å². The number of nitrogens with zero attached hydrogens (tertiary/aromatic N) is 2. The van der Waals surface area contributed by atoms with E-state index in [4.69, 9.17) is 5.26 Å². The Balaban J connectivity index is 2.40. The van der Waals surface area contributed by atoms with Crippen LogP contribution in [0.2, 0.25) is 0 Å². The van der Waals surface area contributed by atoms with E-state index in [0.717, 1.165) is 11.0 Å². The molecular formula is C13H11FN2O2. The van der Waals surface area contributed by atoms with Crippen molar-refractivity contribution in [1.82, 2.24) is 0 Å². The van der Waals surface area contributed by atoms with Crippen molar-refractivity contribution in [2.75, 3.05) is 4.90 Å². The second-order valence-electron chi connectivity index (χ2n) is 4.41. The molecule has 1 heterocycles. The average molecular weight is 246 g/mol. The summed E-state index contributed by atoms with van der Waals surface area (Å²) in [5.74, 6) is -1.54. The highest BCUT2D eigenvalue weighted by Crippen LogP contribution is 2.27. The minimum absolute atomic E-state index is 0.0114. The zero-order chi connectivity index (χ0) is 13.3. The Labute approximate surface area is 104 Å². The van der Waals surface area contributed by atoms with Crippen LogP contribution < -0.4 is 4.90 Å². The van der Waals surface area contributed by atoms with E-state index in [1.54, 1.807) is 6.07 Å². The van der Waals surface area contributed by atoms with E-state index < -0.39 is 17.6 Å². The molecule has 1 aromatic carbocycles. The minimum atomic E-state index is -0.731. The molecule has 92 valence electrons. The maximum Gasteiger partial charge on any atom is 0.234 e. The SMILES string of the molecule is CC1CC(=O)N(c2ccc(C#N)cc2F)C(=O)C1. The molecular weight excluding hydrogens is 235 g/mol. The molecule has 0 aromatic heterocycles. The van der Waals surface area contributed by atoms with Crippen molar-refractivity contribution in [3.05, 3.63) is 29.6 Å². The van der Waals surface area contributed by atoms with E-state index in [2.05, 4.69) is 0 Å². The van der Waals surface area contributed by atoms with Crippen molar-refractivity contribution in [2.24, 2.45) is 5.92 Å². The molecule has 0 aliphatic carbocycles. The maximum atomic E-state index is 13.8. The molecule has 1 fully saturated rings. The van der Waals surface area contributed by atoms with Gasteiger partial charge in [0.2, 0.25) is 11.8 Å². The minimum Gasteiger partial charge on any atom is -0.274 e. The molecule has 18 heavy (non-hydrogen) atoms. The number of nitriles is 1. The first-order valence-electron chi connectivity index (χ1n) is 5.58. The van der Waals surface area contributed by atoms with Gasteiger partial charge in [-0.3, -0.25) is 9.59 Å². The summed E-state index contributed by atoms with van der Waals surface area (Å²) in [6, 6.07) is 5.50. The van der Waals surface area contributed by atoms with Crippen LogP contribution in [0.5, 0.6) is 0 Å². The molecule has 0 atom stereocenters. The summed E-state index contributed by atoms with van der Waals surface area (Å²) in [7, 11) is 0. The average Bonchev–Trinajstić information content (AvgIpc) is 2.29. The molecule has 0 radical (unpaired) electrons. The summed E-state index contributed by atoms with van der Waals surface area (Å²) in [5.41, 5.74) is 0.0809. The molecule has 0 bridgehead atoms. The van der Waals surface area contributed by atoms with Crippen molar-refractivity contribution in [1.29, 1.82) is 5.26 Å². The molecule has 0 N–H and O–H groups in total. The van der Waals surface area contributed by atoms with Crippen molar-refractivity contribution < 1.29 is 14.0 Å². The van der Waals surface area contributed by atoms with Crippen molar-refractivity contribution in [2.45, 2.75) is 19.8 Å². The molecule has 5 heteroatoms.